The normalized spacial score (nSPS) is 12.6. The van der Waals surface area contributed by atoms with Crippen molar-refractivity contribution in [3.63, 3.8) is 0 Å². The van der Waals surface area contributed by atoms with Gasteiger partial charge in [-0.2, -0.15) is 0 Å². The Morgan fingerprint density at radius 1 is 1.18 bits per heavy atom. The summed E-state index contributed by atoms with van der Waals surface area (Å²) in [7, 11) is 2.11. The number of carbonyl (C=O) groups excluding carboxylic acids is 1. The van der Waals surface area contributed by atoms with Crippen LogP contribution in [0.1, 0.15) is 44.5 Å². The Bertz CT molecular complexity index is 367. The number of ketones is 1. The van der Waals surface area contributed by atoms with Gasteiger partial charge in [0.2, 0.25) is 0 Å². The van der Waals surface area contributed by atoms with Crippen molar-refractivity contribution in [2.75, 3.05) is 11.9 Å². The minimum Gasteiger partial charge on any atom is -0.372 e. The second-order valence-corrected chi connectivity index (χ2v) is 5.19. The van der Waals surface area contributed by atoms with Crippen molar-refractivity contribution in [2.45, 2.75) is 40.2 Å². The molecule has 0 aliphatic heterocycles. The van der Waals surface area contributed by atoms with Gasteiger partial charge >= 0.3 is 0 Å². The summed E-state index contributed by atoms with van der Waals surface area (Å²) in [6, 6.07) is 8.35. The van der Waals surface area contributed by atoms with E-state index in [0.717, 1.165) is 5.56 Å². The van der Waals surface area contributed by atoms with Crippen LogP contribution in [0.5, 0.6) is 0 Å². The number of nitrogens with zero attached hydrogens (tertiary/aromatic N) is 1. The molecule has 0 N–H and O–H groups in total. The van der Waals surface area contributed by atoms with Crippen molar-refractivity contribution in [2.24, 2.45) is 5.92 Å². The van der Waals surface area contributed by atoms with Crippen LogP contribution in [0.3, 0.4) is 0 Å². The third-order valence-electron chi connectivity index (χ3n) is 3.15. The Hall–Kier alpha value is -1.31. The van der Waals surface area contributed by atoms with Crippen LogP contribution in [0.25, 0.3) is 0 Å². The summed E-state index contributed by atoms with van der Waals surface area (Å²) in [5.41, 5.74) is 1.95. The van der Waals surface area contributed by atoms with Gasteiger partial charge in [0, 0.05) is 24.3 Å². The second-order valence-electron chi connectivity index (χ2n) is 5.19. The monoisotopic (exact) mass is 233 g/mol. The van der Waals surface area contributed by atoms with E-state index in [4.69, 9.17) is 0 Å². The van der Waals surface area contributed by atoms with E-state index in [-0.39, 0.29) is 5.78 Å². The van der Waals surface area contributed by atoms with E-state index in [0.29, 0.717) is 12.0 Å². The van der Waals surface area contributed by atoms with E-state index in [1.807, 2.05) is 24.3 Å². The number of hydrogen-bond acceptors (Lipinski definition) is 2. The summed E-state index contributed by atoms with van der Waals surface area (Å²) in [5.74, 6) is 0.818. The summed E-state index contributed by atoms with van der Waals surface area (Å²) >= 11 is 0. The highest BCUT2D eigenvalue weighted by Crippen LogP contribution is 2.19. The first kappa shape index (κ1) is 13.8. The third-order valence-corrected chi connectivity index (χ3v) is 3.15. The molecule has 0 amide bonds. The van der Waals surface area contributed by atoms with Crippen LogP contribution in [-0.2, 0) is 0 Å². The molecule has 0 saturated heterocycles. The zero-order chi connectivity index (χ0) is 13.0. The molecule has 0 heterocycles. The lowest BCUT2D eigenvalue weighted by atomic mass is 10.0. The Morgan fingerprint density at radius 3 is 2.12 bits per heavy atom. The number of carbonyl (C=O) groups is 1. The standard InChI is InChI=1S/C15H23NO/c1-11(2)10-12(3)16(5)15-8-6-14(7-9-15)13(4)17/h6-9,11-12H,10H2,1-5H3. The minimum absolute atomic E-state index is 0.120. The molecule has 94 valence electrons. The molecule has 0 aromatic heterocycles. The molecule has 1 aromatic carbocycles. The molecule has 0 bridgehead atoms. The zero-order valence-corrected chi connectivity index (χ0v) is 11.5. The molecule has 1 aromatic rings. The molecule has 0 radical (unpaired) electrons. The van der Waals surface area contributed by atoms with Crippen LogP contribution in [0, 0.1) is 5.92 Å². The maximum atomic E-state index is 11.2. The van der Waals surface area contributed by atoms with Crippen molar-refractivity contribution in [1.29, 1.82) is 0 Å². The Labute approximate surface area is 105 Å². The Morgan fingerprint density at radius 2 is 1.71 bits per heavy atom. The summed E-state index contributed by atoms with van der Waals surface area (Å²) < 4.78 is 0. The first-order valence-corrected chi connectivity index (χ1v) is 6.25. The topological polar surface area (TPSA) is 20.3 Å². The Balaban J connectivity index is 2.75. The molecule has 0 saturated carbocycles. The van der Waals surface area contributed by atoms with Crippen molar-refractivity contribution in [3.8, 4) is 0 Å². The highest BCUT2D eigenvalue weighted by atomic mass is 16.1. The van der Waals surface area contributed by atoms with Gasteiger partial charge in [-0.05, 0) is 50.5 Å². The number of hydrogen-bond donors (Lipinski definition) is 0. The van der Waals surface area contributed by atoms with Gasteiger partial charge < -0.3 is 4.90 Å². The van der Waals surface area contributed by atoms with Gasteiger partial charge in [0.15, 0.2) is 5.78 Å². The molecule has 1 unspecified atom stereocenters. The fraction of sp³-hybridized carbons (Fsp3) is 0.533. The quantitative estimate of drug-likeness (QED) is 0.722. The van der Waals surface area contributed by atoms with Gasteiger partial charge in [-0.25, -0.2) is 0 Å². The van der Waals surface area contributed by atoms with E-state index < -0.39 is 0 Å². The highest BCUT2D eigenvalue weighted by Gasteiger charge is 2.11. The number of Topliss-reactive ketones (excluding diaryl/α,β-unsaturated/α-hetero) is 1. The van der Waals surface area contributed by atoms with Crippen molar-refractivity contribution >= 4 is 11.5 Å². The average Bonchev–Trinajstić information content (AvgIpc) is 2.27. The van der Waals surface area contributed by atoms with E-state index in [1.54, 1.807) is 6.92 Å². The number of anilines is 1. The minimum atomic E-state index is 0.120. The van der Waals surface area contributed by atoms with Crippen LogP contribution in [0.15, 0.2) is 24.3 Å². The molecule has 1 rings (SSSR count). The lowest BCUT2D eigenvalue weighted by molar-refractivity contribution is 0.101. The molecule has 0 aliphatic carbocycles. The Kier molecular flexibility index (Phi) is 4.73. The molecule has 0 fully saturated rings. The predicted molar refractivity (Wildman–Crippen MR) is 73.8 cm³/mol. The van der Waals surface area contributed by atoms with Crippen molar-refractivity contribution in [1.82, 2.24) is 0 Å². The lowest BCUT2D eigenvalue weighted by Gasteiger charge is -2.28. The van der Waals surface area contributed by atoms with Crippen LogP contribution in [0.2, 0.25) is 0 Å². The number of benzene rings is 1. The molecular formula is C15H23NO. The average molecular weight is 233 g/mol. The molecule has 17 heavy (non-hydrogen) atoms. The first-order chi connectivity index (χ1) is 7.91. The fourth-order valence-electron chi connectivity index (χ4n) is 2.03. The number of rotatable bonds is 5. The van der Waals surface area contributed by atoms with Gasteiger partial charge in [0.1, 0.15) is 0 Å². The van der Waals surface area contributed by atoms with E-state index >= 15 is 0 Å². The summed E-state index contributed by atoms with van der Waals surface area (Å²) in [6.45, 7) is 8.31. The maximum absolute atomic E-state index is 11.2. The van der Waals surface area contributed by atoms with Crippen LogP contribution >= 0.6 is 0 Å². The second kappa shape index (κ2) is 5.85. The van der Waals surface area contributed by atoms with Crippen molar-refractivity contribution in [3.05, 3.63) is 29.8 Å². The first-order valence-electron chi connectivity index (χ1n) is 6.25. The lowest BCUT2D eigenvalue weighted by Crippen LogP contribution is -2.29. The van der Waals surface area contributed by atoms with Crippen LogP contribution in [-0.4, -0.2) is 18.9 Å². The van der Waals surface area contributed by atoms with Gasteiger partial charge in [-0.1, -0.05) is 13.8 Å². The summed E-state index contributed by atoms with van der Waals surface area (Å²) in [6.07, 6.45) is 1.17. The largest absolute Gasteiger partial charge is 0.372 e. The van der Waals surface area contributed by atoms with Gasteiger partial charge in [0.05, 0.1) is 0 Å². The molecule has 1 atom stereocenters. The van der Waals surface area contributed by atoms with E-state index in [9.17, 15) is 4.79 Å². The molecule has 0 aliphatic rings. The smallest absolute Gasteiger partial charge is 0.159 e. The van der Waals surface area contributed by atoms with E-state index in [1.165, 1.54) is 12.1 Å². The fourth-order valence-corrected chi connectivity index (χ4v) is 2.03. The van der Waals surface area contributed by atoms with Crippen molar-refractivity contribution < 1.29 is 4.79 Å². The zero-order valence-electron chi connectivity index (χ0n) is 11.5. The molecule has 2 heteroatoms. The SMILES string of the molecule is CC(=O)c1ccc(N(C)C(C)CC(C)C)cc1. The van der Waals surface area contributed by atoms with Gasteiger partial charge in [0.25, 0.3) is 0 Å². The third kappa shape index (κ3) is 3.88. The van der Waals surface area contributed by atoms with Crippen LogP contribution in [0.4, 0.5) is 5.69 Å². The van der Waals surface area contributed by atoms with E-state index in [2.05, 4.69) is 32.7 Å². The molecule has 2 nitrogen and oxygen atoms in total. The predicted octanol–water partition coefficient (Wildman–Crippen LogP) is 3.76. The highest BCUT2D eigenvalue weighted by molar-refractivity contribution is 5.94. The molecule has 0 spiro atoms. The summed E-state index contributed by atoms with van der Waals surface area (Å²) in [4.78, 5) is 13.5. The summed E-state index contributed by atoms with van der Waals surface area (Å²) in [5, 5.41) is 0. The maximum Gasteiger partial charge on any atom is 0.159 e. The van der Waals surface area contributed by atoms with Gasteiger partial charge in [-0.15, -0.1) is 0 Å². The molecular weight excluding hydrogens is 210 g/mol. The van der Waals surface area contributed by atoms with Gasteiger partial charge in [-0.3, -0.25) is 4.79 Å². The van der Waals surface area contributed by atoms with Crippen LogP contribution < -0.4 is 4.90 Å².